The summed E-state index contributed by atoms with van der Waals surface area (Å²) in [5, 5.41) is 2.67. The number of nitrogens with zero attached hydrogens (tertiary/aromatic N) is 1. The first-order chi connectivity index (χ1) is 10.0. The highest BCUT2D eigenvalue weighted by atomic mass is 19.1. The molecule has 1 rings (SSSR count). The molecule has 0 spiro atoms. The average molecular weight is 300 g/mol. The number of hydrogen-bond donors (Lipinski definition) is 1. The van der Waals surface area contributed by atoms with Crippen LogP contribution < -0.4 is 5.32 Å². The Morgan fingerprint density at radius 2 is 1.90 bits per heavy atom. The van der Waals surface area contributed by atoms with Crippen LogP contribution >= 0.6 is 0 Å². The largest absolute Gasteiger partial charge is 0.380 e. The summed E-state index contributed by atoms with van der Waals surface area (Å²) in [7, 11) is 1.57. The van der Waals surface area contributed by atoms with Crippen LogP contribution in [0.4, 0.5) is 14.5 Å². The van der Waals surface area contributed by atoms with Crippen molar-refractivity contribution in [2.75, 3.05) is 38.7 Å². The molecule has 1 N–H and O–H groups in total. The Bertz CT molecular complexity index is 458. The summed E-state index contributed by atoms with van der Waals surface area (Å²) in [6, 6.07) is 2.11. The number of hydrogen-bond acceptors (Lipinski definition) is 3. The van der Waals surface area contributed by atoms with Crippen LogP contribution in [-0.2, 0) is 4.74 Å². The maximum absolute atomic E-state index is 13.9. The lowest BCUT2D eigenvalue weighted by Crippen LogP contribution is -2.30. The van der Waals surface area contributed by atoms with E-state index in [0.29, 0.717) is 26.3 Å². The van der Waals surface area contributed by atoms with E-state index in [2.05, 4.69) is 5.32 Å². The molecule has 1 aromatic rings. The molecule has 1 aromatic carbocycles. The van der Waals surface area contributed by atoms with Gasteiger partial charge in [-0.15, -0.1) is 0 Å². The van der Waals surface area contributed by atoms with E-state index < -0.39 is 17.5 Å². The fourth-order valence-corrected chi connectivity index (χ4v) is 1.78. The minimum atomic E-state index is -0.759. The van der Waals surface area contributed by atoms with Crippen LogP contribution in [0.2, 0.25) is 0 Å². The lowest BCUT2D eigenvalue weighted by molar-refractivity contribution is 0.0709. The minimum Gasteiger partial charge on any atom is -0.380 e. The number of ether oxygens (including phenoxy) is 1. The van der Waals surface area contributed by atoms with Crippen molar-refractivity contribution in [3.05, 3.63) is 29.3 Å². The van der Waals surface area contributed by atoms with Gasteiger partial charge in [0, 0.05) is 32.3 Å². The second-order valence-corrected chi connectivity index (χ2v) is 4.67. The molecular formula is C15H22F2N2O2. The maximum atomic E-state index is 13.9. The van der Waals surface area contributed by atoms with Gasteiger partial charge in [-0.05, 0) is 25.5 Å². The van der Waals surface area contributed by atoms with Gasteiger partial charge in [-0.1, -0.05) is 6.92 Å². The molecular weight excluding hydrogens is 278 g/mol. The predicted molar refractivity (Wildman–Crippen MR) is 78.6 cm³/mol. The van der Waals surface area contributed by atoms with Gasteiger partial charge in [0.15, 0.2) is 0 Å². The van der Waals surface area contributed by atoms with Gasteiger partial charge in [0.1, 0.15) is 17.3 Å². The molecule has 0 aromatic heterocycles. The van der Waals surface area contributed by atoms with Crippen molar-refractivity contribution in [2.24, 2.45) is 0 Å². The topological polar surface area (TPSA) is 41.6 Å². The quantitative estimate of drug-likeness (QED) is 0.751. The summed E-state index contributed by atoms with van der Waals surface area (Å²) in [5.41, 5.74) is -0.198. The van der Waals surface area contributed by atoms with Crippen molar-refractivity contribution in [1.82, 2.24) is 4.90 Å². The second kappa shape index (κ2) is 8.56. The lowest BCUT2D eigenvalue weighted by atomic mass is 10.1. The molecule has 0 heterocycles. The first kappa shape index (κ1) is 17.4. The summed E-state index contributed by atoms with van der Waals surface area (Å²) in [6.45, 7) is 5.53. The lowest BCUT2D eigenvalue weighted by Gasteiger charge is -2.18. The zero-order valence-corrected chi connectivity index (χ0v) is 12.7. The second-order valence-electron chi connectivity index (χ2n) is 4.67. The van der Waals surface area contributed by atoms with Gasteiger partial charge in [0.2, 0.25) is 0 Å². The monoisotopic (exact) mass is 300 g/mol. The van der Waals surface area contributed by atoms with Crippen molar-refractivity contribution >= 4 is 11.6 Å². The molecule has 118 valence electrons. The van der Waals surface area contributed by atoms with E-state index in [4.69, 9.17) is 4.74 Å². The van der Waals surface area contributed by atoms with Crippen molar-refractivity contribution < 1.29 is 18.3 Å². The molecule has 0 radical (unpaired) electrons. The maximum Gasteiger partial charge on any atom is 0.253 e. The Labute approximate surface area is 124 Å². The Morgan fingerprint density at radius 1 is 1.29 bits per heavy atom. The molecule has 0 atom stereocenters. The number of benzene rings is 1. The molecule has 0 aliphatic heterocycles. The standard InChI is InChI=1S/C15H22F2N2O2/c1-4-6-18-14-12(16)9-11(10-13(14)17)15(20)19(3)7-8-21-5-2/h9-10,18H,4-8H2,1-3H3. The SMILES string of the molecule is CCCNc1c(F)cc(C(=O)N(C)CCOCC)cc1F. The number of rotatable bonds is 8. The van der Waals surface area contributed by atoms with Crippen molar-refractivity contribution in [3.8, 4) is 0 Å². The zero-order chi connectivity index (χ0) is 15.8. The molecule has 0 bridgehead atoms. The smallest absolute Gasteiger partial charge is 0.253 e. The summed E-state index contributed by atoms with van der Waals surface area (Å²) >= 11 is 0. The van der Waals surface area contributed by atoms with Crippen LogP contribution in [0.25, 0.3) is 0 Å². The van der Waals surface area contributed by atoms with Crippen LogP contribution in [-0.4, -0.2) is 44.2 Å². The fourth-order valence-electron chi connectivity index (χ4n) is 1.78. The highest BCUT2D eigenvalue weighted by Crippen LogP contribution is 2.21. The van der Waals surface area contributed by atoms with E-state index in [-0.39, 0.29) is 11.3 Å². The molecule has 0 saturated heterocycles. The molecule has 6 heteroatoms. The zero-order valence-electron chi connectivity index (χ0n) is 12.7. The third-order valence-electron chi connectivity index (χ3n) is 2.96. The average Bonchev–Trinajstić information content (AvgIpc) is 2.45. The van der Waals surface area contributed by atoms with Gasteiger partial charge in [-0.2, -0.15) is 0 Å². The molecule has 0 aliphatic rings. The number of halogens is 2. The minimum absolute atomic E-state index is 0.00829. The Kier molecular flexibility index (Phi) is 7.08. The molecule has 0 saturated carbocycles. The van der Waals surface area contributed by atoms with Crippen molar-refractivity contribution in [1.29, 1.82) is 0 Å². The number of nitrogens with one attached hydrogen (secondary N) is 1. The number of carbonyl (C=O) groups excluding carboxylic acids is 1. The van der Waals surface area contributed by atoms with Gasteiger partial charge in [-0.3, -0.25) is 4.79 Å². The Balaban J connectivity index is 2.81. The van der Waals surface area contributed by atoms with E-state index in [1.165, 1.54) is 4.90 Å². The third kappa shape index (κ3) is 4.97. The van der Waals surface area contributed by atoms with Crippen LogP contribution in [0.5, 0.6) is 0 Å². The number of amides is 1. The Morgan fingerprint density at radius 3 is 2.43 bits per heavy atom. The molecule has 0 unspecified atom stereocenters. The van der Waals surface area contributed by atoms with Crippen LogP contribution in [0.3, 0.4) is 0 Å². The van der Waals surface area contributed by atoms with Crippen molar-refractivity contribution in [2.45, 2.75) is 20.3 Å². The van der Waals surface area contributed by atoms with E-state index in [1.807, 2.05) is 13.8 Å². The van der Waals surface area contributed by atoms with Gasteiger partial charge < -0.3 is 15.0 Å². The van der Waals surface area contributed by atoms with E-state index in [1.54, 1.807) is 7.05 Å². The first-order valence-corrected chi connectivity index (χ1v) is 7.07. The molecule has 4 nitrogen and oxygen atoms in total. The molecule has 0 aliphatic carbocycles. The summed E-state index contributed by atoms with van der Waals surface area (Å²) in [6.07, 6.45) is 0.750. The van der Waals surface area contributed by atoms with E-state index >= 15 is 0 Å². The van der Waals surface area contributed by atoms with Crippen LogP contribution in [0.15, 0.2) is 12.1 Å². The summed E-state index contributed by atoms with van der Waals surface area (Å²) in [5.74, 6) is -1.95. The first-order valence-electron chi connectivity index (χ1n) is 7.07. The fraction of sp³-hybridized carbons (Fsp3) is 0.533. The van der Waals surface area contributed by atoms with Crippen molar-refractivity contribution in [3.63, 3.8) is 0 Å². The van der Waals surface area contributed by atoms with E-state index in [0.717, 1.165) is 18.6 Å². The summed E-state index contributed by atoms with van der Waals surface area (Å²) in [4.78, 5) is 13.5. The van der Waals surface area contributed by atoms with Crippen LogP contribution in [0, 0.1) is 11.6 Å². The highest BCUT2D eigenvalue weighted by molar-refractivity contribution is 5.94. The van der Waals surface area contributed by atoms with Gasteiger partial charge in [0.05, 0.1) is 6.61 Å². The molecule has 0 fully saturated rings. The van der Waals surface area contributed by atoms with E-state index in [9.17, 15) is 13.6 Å². The number of likely N-dealkylation sites (N-methyl/N-ethyl adjacent to an activating group) is 1. The number of anilines is 1. The van der Waals surface area contributed by atoms with Crippen LogP contribution in [0.1, 0.15) is 30.6 Å². The molecule has 1 amide bonds. The molecule has 21 heavy (non-hydrogen) atoms. The Hall–Kier alpha value is -1.69. The number of carbonyl (C=O) groups is 1. The highest BCUT2D eigenvalue weighted by Gasteiger charge is 2.17. The van der Waals surface area contributed by atoms with Gasteiger partial charge in [0.25, 0.3) is 5.91 Å². The summed E-state index contributed by atoms with van der Waals surface area (Å²) < 4.78 is 32.9. The van der Waals surface area contributed by atoms with Gasteiger partial charge in [-0.25, -0.2) is 8.78 Å². The normalized spacial score (nSPS) is 10.5. The third-order valence-corrected chi connectivity index (χ3v) is 2.96. The van der Waals surface area contributed by atoms with Gasteiger partial charge >= 0.3 is 0 Å². The predicted octanol–water partition coefficient (Wildman–Crippen LogP) is 2.90.